The van der Waals surface area contributed by atoms with Crippen molar-refractivity contribution in [1.82, 2.24) is 19.9 Å². The van der Waals surface area contributed by atoms with E-state index >= 15 is 0 Å². The number of para-hydroxylation sites is 2. The average molecular weight is 595 g/mol. The second-order valence-electron chi connectivity index (χ2n) is 9.22. The molecule has 1 amide bonds. The number of hydrogen-bond donors (Lipinski definition) is 2. The molecule has 2 heterocycles. The summed E-state index contributed by atoms with van der Waals surface area (Å²) in [5, 5.41) is 0. The van der Waals surface area contributed by atoms with Gasteiger partial charge in [0.05, 0.1) is 12.0 Å². The Morgan fingerprint density at radius 1 is 0.929 bits per heavy atom. The molecule has 0 aliphatic rings. The number of sulfonamides is 1. The van der Waals surface area contributed by atoms with Gasteiger partial charge in [0.1, 0.15) is 13.2 Å². The van der Waals surface area contributed by atoms with Crippen LogP contribution in [0.1, 0.15) is 19.4 Å². The predicted molar refractivity (Wildman–Crippen MR) is 153 cm³/mol. The minimum absolute atomic E-state index is 0.00620. The molecule has 0 saturated heterocycles. The van der Waals surface area contributed by atoms with E-state index in [0.29, 0.717) is 11.7 Å². The largest absolute Gasteiger partial charge is 0.493 e. The van der Waals surface area contributed by atoms with Crippen molar-refractivity contribution in [2.75, 3.05) is 25.0 Å². The van der Waals surface area contributed by atoms with Gasteiger partial charge in [0.15, 0.2) is 23.1 Å². The van der Waals surface area contributed by atoms with Crippen molar-refractivity contribution >= 4 is 21.9 Å². The number of amides is 1. The van der Waals surface area contributed by atoms with Crippen LogP contribution in [0, 0.1) is 5.92 Å². The van der Waals surface area contributed by atoms with E-state index in [-0.39, 0.29) is 53.0 Å². The maximum Gasteiger partial charge on any atom is 0.404 e. The molecule has 13 nitrogen and oxygen atoms in total. The fraction of sp³-hybridized carbons (Fsp3) is 0.250. The van der Waals surface area contributed by atoms with Crippen molar-refractivity contribution in [1.29, 1.82) is 0 Å². The number of carbonyl (C=O) groups excluding carboxylic acids is 1. The highest BCUT2D eigenvalue weighted by atomic mass is 32.2. The highest BCUT2D eigenvalue weighted by Crippen LogP contribution is 2.41. The Kier molecular flexibility index (Phi) is 9.70. The number of anilines is 1. The summed E-state index contributed by atoms with van der Waals surface area (Å²) >= 11 is 0. The monoisotopic (exact) mass is 594 g/mol. The number of methoxy groups -OCH3 is 1. The lowest BCUT2D eigenvalue weighted by atomic mass is 10.0. The second kappa shape index (κ2) is 13.6. The first kappa shape index (κ1) is 30.0. The van der Waals surface area contributed by atoms with E-state index in [9.17, 15) is 13.2 Å². The fourth-order valence-corrected chi connectivity index (χ4v) is 4.76. The molecule has 4 rings (SSSR count). The summed E-state index contributed by atoms with van der Waals surface area (Å²) in [6.45, 7) is 3.76. The molecule has 42 heavy (non-hydrogen) atoms. The van der Waals surface area contributed by atoms with Gasteiger partial charge in [-0.25, -0.2) is 28.2 Å². The van der Waals surface area contributed by atoms with Crippen molar-refractivity contribution < 1.29 is 32.2 Å². The van der Waals surface area contributed by atoms with Gasteiger partial charge in [-0.1, -0.05) is 38.1 Å². The van der Waals surface area contributed by atoms with Crippen LogP contribution in [0.5, 0.6) is 23.1 Å². The van der Waals surface area contributed by atoms with Crippen molar-refractivity contribution in [3.8, 4) is 34.8 Å². The van der Waals surface area contributed by atoms with Crippen molar-refractivity contribution in [2.24, 2.45) is 11.7 Å². The van der Waals surface area contributed by atoms with Gasteiger partial charge in [-0.2, -0.15) is 4.98 Å². The van der Waals surface area contributed by atoms with Crippen LogP contribution in [-0.4, -0.2) is 54.8 Å². The number of benzene rings is 2. The van der Waals surface area contributed by atoms with Crippen LogP contribution in [-0.2, 0) is 21.2 Å². The number of ether oxygens (including phenoxy) is 4. The summed E-state index contributed by atoms with van der Waals surface area (Å²) in [5.41, 5.74) is 6.05. The molecule has 4 aromatic rings. The Balaban J connectivity index is 1.81. The van der Waals surface area contributed by atoms with Crippen LogP contribution in [0.3, 0.4) is 0 Å². The van der Waals surface area contributed by atoms with E-state index in [0.717, 1.165) is 12.0 Å². The molecule has 2 aromatic heterocycles. The van der Waals surface area contributed by atoms with Crippen LogP contribution in [0.15, 0.2) is 71.9 Å². The molecular formula is C28H30N6O7S. The molecule has 14 heteroatoms. The normalized spacial score (nSPS) is 11.1. The van der Waals surface area contributed by atoms with Gasteiger partial charge >= 0.3 is 6.09 Å². The zero-order valence-corrected chi connectivity index (χ0v) is 24.0. The van der Waals surface area contributed by atoms with E-state index in [1.807, 2.05) is 0 Å². The lowest BCUT2D eigenvalue weighted by molar-refractivity contribution is 0.131. The summed E-state index contributed by atoms with van der Waals surface area (Å²) in [5.74, 6) is 0.406. The highest BCUT2D eigenvalue weighted by molar-refractivity contribution is 7.92. The Labute approximate surface area is 243 Å². The lowest BCUT2D eigenvalue weighted by Crippen LogP contribution is -2.19. The lowest BCUT2D eigenvalue weighted by Gasteiger charge is -2.18. The average Bonchev–Trinajstić information content (AvgIpc) is 2.97. The minimum Gasteiger partial charge on any atom is -0.493 e. The number of hydrogen-bond acceptors (Lipinski definition) is 11. The molecule has 0 bridgehead atoms. The van der Waals surface area contributed by atoms with Gasteiger partial charge in [-0.15, -0.1) is 0 Å². The second-order valence-corrected chi connectivity index (χ2v) is 10.9. The first-order chi connectivity index (χ1) is 20.2. The Hall–Kier alpha value is -4.98. The molecule has 0 spiro atoms. The van der Waals surface area contributed by atoms with Gasteiger partial charge in [-0.3, -0.25) is 4.72 Å². The first-order valence-corrected chi connectivity index (χ1v) is 14.3. The third-order valence-electron chi connectivity index (χ3n) is 5.56. The van der Waals surface area contributed by atoms with Crippen LogP contribution < -0.4 is 24.7 Å². The third kappa shape index (κ3) is 7.81. The summed E-state index contributed by atoms with van der Waals surface area (Å²) in [4.78, 5) is 28.2. The van der Waals surface area contributed by atoms with Crippen LogP contribution in [0.4, 0.5) is 10.6 Å². The molecule has 0 fully saturated rings. The molecule has 0 unspecified atom stereocenters. The van der Waals surface area contributed by atoms with Crippen LogP contribution in [0.25, 0.3) is 11.6 Å². The molecule has 0 aliphatic carbocycles. The number of rotatable bonds is 13. The number of nitrogens with one attached hydrogen (secondary N) is 1. The summed E-state index contributed by atoms with van der Waals surface area (Å²) in [6.07, 6.45) is 2.78. The molecular weight excluding hydrogens is 564 g/mol. The van der Waals surface area contributed by atoms with E-state index < -0.39 is 16.1 Å². The van der Waals surface area contributed by atoms with Gasteiger partial charge in [0.2, 0.25) is 11.6 Å². The number of aromatic nitrogens is 4. The zero-order chi connectivity index (χ0) is 30.1. The smallest absolute Gasteiger partial charge is 0.404 e. The number of primary amides is 1. The summed E-state index contributed by atoms with van der Waals surface area (Å²) < 4.78 is 51.6. The van der Waals surface area contributed by atoms with Gasteiger partial charge in [0.25, 0.3) is 15.9 Å². The fourth-order valence-electron chi connectivity index (χ4n) is 3.76. The van der Waals surface area contributed by atoms with Crippen LogP contribution in [0.2, 0.25) is 0 Å². The predicted octanol–water partition coefficient (Wildman–Crippen LogP) is 4.21. The topological polar surface area (TPSA) is 178 Å². The van der Waals surface area contributed by atoms with Crippen molar-refractivity contribution in [3.05, 3.63) is 72.6 Å². The van der Waals surface area contributed by atoms with E-state index in [1.165, 1.54) is 31.6 Å². The van der Waals surface area contributed by atoms with Gasteiger partial charge in [0, 0.05) is 12.4 Å². The molecule has 220 valence electrons. The zero-order valence-electron chi connectivity index (χ0n) is 23.2. The Morgan fingerprint density at radius 2 is 1.62 bits per heavy atom. The maximum atomic E-state index is 13.6. The number of nitrogens with zero attached hydrogens (tertiary/aromatic N) is 4. The molecule has 0 saturated carbocycles. The summed E-state index contributed by atoms with van der Waals surface area (Å²) in [6, 6.07) is 14.9. The minimum atomic E-state index is -4.17. The molecule has 0 aliphatic heterocycles. The number of carbonyl (C=O) groups is 1. The van der Waals surface area contributed by atoms with E-state index in [4.69, 9.17) is 24.7 Å². The Morgan fingerprint density at radius 3 is 2.26 bits per heavy atom. The molecule has 3 N–H and O–H groups in total. The van der Waals surface area contributed by atoms with Gasteiger partial charge in [-0.05, 0) is 48.2 Å². The molecule has 0 atom stereocenters. The quantitative estimate of drug-likeness (QED) is 0.212. The number of nitrogens with two attached hydrogens (primary N) is 1. The van der Waals surface area contributed by atoms with E-state index in [2.05, 4.69) is 38.5 Å². The molecule has 2 aromatic carbocycles. The van der Waals surface area contributed by atoms with E-state index in [1.54, 1.807) is 42.5 Å². The SMILES string of the molecule is COc1ccccc1Oc1c(NS(=O)(=O)c2ccc(CC(C)C)cc2)nc(-c2ncccn2)nc1OCCOC(N)=O. The Bertz CT molecular complexity index is 1620. The maximum absolute atomic E-state index is 13.6. The van der Waals surface area contributed by atoms with Crippen LogP contribution >= 0.6 is 0 Å². The van der Waals surface area contributed by atoms with Gasteiger partial charge < -0.3 is 24.7 Å². The summed E-state index contributed by atoms with van der Waals surface area (Å²) in [7, 11) is -2.72. The first-order valence-electron chi connectivity index (χ1n) is 12.8. The van der Waals surface area contributed by atoms with Crippen molar-refractivity contribution in [3.63, 3.8) is 0 Å². The van der Waals surface area contributed by atoms with Crippen molar-refractivity contribution in [2.45, 2.75) is 25.2 Å². The standard InChI is InChI=1S/C28H30N6O7S/c1-18(2)17-19-9-11-20(12-10-19)42(36,37)34-24-23(41-22-8-5-4-7-21(22)38-3)27(39-15-16-40-28(29)35)33-26(32-24)25-30-13-6-14-31-25/h4-14,18H,15-17H2,1-3H3,(H2,29,35)(H,32,33,34). The third-order valence-corrected chi connectivity index (χ3v) is 6.91. The highest BCUT2D eigenvalue weighted by Gasteiger charge is 2.26. The molecule has 0 radical (unpaired) electrons.